The van der Waals surface area contributed by atoms with Crippen LogP contribution in [0, 0.1) is 6.92 Å². The summed E-state index contributed by atoms with van der Waals surface area (Å²) in [5.41, 5.74) is 4.51. The molecule has 0 unspecified atom stereocenters. The van der Waals surface area contributed by atoms with Gasteiger partial charge in [0, 0.05) is 30.6 Å². The normalized spacial score (nSPS) is 13.1. The average molecular weight is 404 g/mol. The van der Waals surface area contributed by atoms with Gasteiger partial charge in [0.25, 0.3) is 0 Å². The molecule has 1 saturated carbocycles. The summed E-state index contributed by atoms with van der Waals surface area (Å²) in [5, 5.41) is 20.5. The first kappa shape index (κ1) is 19.7. The van der Waals surface area contributed by atoms with Crippen molar-refractivity contribution in [3.8, 4) is 17.0 Å². The van der Waals surface area contributed by atoms with E-state index in [1.165, 1.54) is 17.7 Å². The van der Waals surface area contributed by atoms with Crippen molar-refractivity contribution < 1.29 is 14.7 Å². The molecule has 1 heterocycles. The second kappa shape index (κ2) is 8.02. The number of phenols is 1. The lowest BCUT2D eigenvalue weighted by Gasteiger charge is -2.09. The highest BCUT2D eigenvalue weighted by Crippen LogP contribution is 2.42. The van der Waals surface area contributed by atoms with E-state index in [4.69, 9.17) is 0 Å². The Morgan fingerprint density at radius 3 is 2.63 bits per heavy atom. The minimum absolute atomic E-state index is 0.0383. The first-order valence-corrected chi connectivity index (χ1v) is 9.96. The minimum atomic E-state index is -0.302. The number of benzene rings is 2. The van der Waals surface area contributed by atoms with E-state index in [0.717, 1.165) is 29.7 Å². The first-order chi connectivity index (χ1) is 14.4. The molecule has 1 fully saturated rings. The molecule has 1 aliphatic rings. The van der Waals surface area contributed by atoms with Crippen molar-refractivity contribution in [3.05, 3.63) is 65.4 Å². The molecule has 7 nitrogen and oxygen atoms in total. The van der Waals surface area contributed by atoms with Gasteiger partial charge in [-0.3, -0.25) is 4.79 Å². The van der Waals surface area contributed by atoms with Crippen LogP contribution >= 0.6 is 0 Å². The molecule has 0 radical (unpaired) electrons. The quantitative estimate of drug-likeness (QED) is 0.557. The Morgan fingerprint density at radius 1 is 1.17 bits per heavy atom. The van der Waals surface area contributed by atoms with Gasteiger partial charge in [0.05, 0.1) is 11.4 Å². The maximum Gasteiger partial charge on any atom is 0.342 e. The van der Waals surface area contributed by atoms with E-state index in [9.17, 15) is 14.7 Å². The van der Waals surface area contributed by atoms with Crippen LogP contribution < -0.4 is 10.6 Å². The zero-order valence-corrected chi connectivity index (χ0v) is 17.0. The van der Waals surface area contributed by atoms with Crippen LogP contribution in [0.1, 0.15) is 42.5 Å². The summed E-state index contributed by atoms with van der Waals surface area (Å²) in [6.45, 7) is 3.84. The highest BCUT2D eigenvalue weighted by molar-refractivity contribution is 5.90. The number of amides is 2. The largest absolute Gasteiger partial charge is 0.507 e. The lowest BCUT2D eigenvalue weighted by Crippen LogP contribution is -2.30. The molecule has 3 aromatic rings. The lowest BCUT2D eigenvalue weighted by molar-refractivity contribution is -0.114. The number of aromatic hydroxyl groups is 1. The fourth-order valence-electron chi connectivity index (χ4n) is 3.44. The molecule has 2 amide bonds. The highest BCUT2D eigenvalue weighted by atomic mass is 16.3. The van der Waals surface area contributed by atoms with Gasteiger partial charge in [-0.25, -0.2) is 4.79 Å². The minimum Gasteiger partial charge on any atom is -0.507 e. The predicted molar refractivity (Wildman–Crippen MR) is 114 cm³/mol. The molecular weight excluding hydrogens is 380 g/mol. The van der Waals surface area contributed by atoms with Crippen molar-refractivity contribution >= 4 is 17.6 Å². The summed E-state index contributed by atoms with van der Waals surface area (Å²) in [5.74, 6) is 0.124. The van der Waals surface area contributed by atoms with E-state index in [1.807, 2.05) is 37.3 Å². The molecule has 0 saturated heterocycles. The van der Waals surface area contributed by atoms with Gasteiger partial charge >= 0.3 is 6.03 Å². The number of rotatable bonds is 5. The number of aryl methyl sites for hydroxylation is 1. The van der Waals surface area contributed by atoms with E-state index in [-0.39, 0.29) is 23.6 Å². The number of aromatic nitrogens is 2. The van der Waals surface area contributed by atoms with Gasteiger partial charge in [0.15, 0.2) is 0 Å². The van der Waals surface area contributed by atoms with E-state index in [2.05, 4.69) is 15.7 Å². The molecule has 7 heteroatoms. The summed E-state index contributed by atoms with van der Waals surface area (Å²) in [4.78, 5) is 24.3. The smallest absolute Gasteiger partial charge is 0.342 e. The maximum atomic E-state index is 12.9. The molecule has 0 bridgehead atoms. The Hall–Kier alpha value is -3.61. The molecule has 154 valence electrons. The van der Waals surface area contributed by atoms with Gasteiger partial charge in [-0.2, -0.15) is 9.78 Å². The van der Waals surface area contributed by atoms with Crippen LogP contribution in [0.4, 0.5) is 10.5 Å². The van der Waals surface area contributed by atoms with Crippen molar-refractivity contribution in [1.82, 2.24) is 15.1 Å². The van der Waals surface area contributed by atoms with Crippen molar-refractivity contribution in [3.63, 3.8) is 0 Å². The van der Waals surface area contributed by atoms with Gasteiger partial charge in [-0.1, -0.05) is 24.3 Å². The highest BCUT2D eigenvalue weighted by Gasteiger charge is 2.30. The number of anilines is 1. The molecule has 4 rings (SSSR count). The van der Waals surface area contributed by atoms with Gasteiger partial charge in [-0.15, -0.1) is 0 Å². The third kappa shape index (κ3) is 4.20. The van der Waals surface area contributed by atoms with E-state index < -0.39 is 0 Å². The van der Waals surface area contributed by atoms with Crippen LogP contribution in [0.5, 0.6) is 5.75 Å². The Balaban J connectivity index is 1.62. The number of carbonyl (C=O) groups excluding carboxylic acids is 2. The molecule has 2 aromatic carbocycles. The fourth-order valence-corrected chi connectivity index (χ4v) is 3.44. The second-order valence-corrected chi connectivity index (χ2v) is 7.64. The summed E-state index contributed by atoms with van der Waals surface area (Å²) < 4.78 is 1.40. The van der Waals surface area contributed by atoms with Gasteiger partial charge in [0.2, 0.25) is 5.91 Å². The second-order valence-electron chi connectivity index (χ2n) is 7.64. The molecule has 0 spiro atoms. The number of hydrogen-bond donors (Lipinski definition) is 3. The SMILES string of the molecule is CC(=O)Nc1ccc(O)c(-c2cc(C3CC3)n(C(=O)NCc3ccccc3C)n2)c1. The topological polar surface area (TPSA) is 96.2 Å². The van der Waals surface area contributed by atoms with Crippen LogP contribution in [-0.2, 0) is 11.3 Å². The number of hydrogen-bond acceptors (Lipinski definition) is 4. The van der Waals surface area contributed by atoms with Crippen LogP contribution in [0.2, 0.25) is 0 Å². The zero-order valence-electron chi connectivity index (χ0n) is 17.0. The zero-order chi connectivity index (χ0) is 21.3. The van der Waals surface area contributed by atoms with Gasteiger partial charge in [-0.05, 0) is 55.2 Å². The summed E-state index contributed by atoms with van der Waals surface area (Å²) in [7, 11) is 0. The number of carbonyl (C=O) groups is 2. The number of phenolic OH excluding ortho intramolecular Hbond substituents is 1. The van der Waals surface area contributed by atoms with Crippen molar-refractivity contribution in [2.45, 2.75) is 39.2 Å². The molecule has 0 atom stereocenters. The molecule has 0 aliphatic heterocycles. The third-order valence-corrected chi connectivity index (χ3v) is 5.21. The van der Waals surface area contributed by atoms with Crippen molar-refractivity contribution in [1.29, 1.82) is 0 Å². The number of nitrogens with zero attached hydrogens (tertiary/aromatic N) is 2. The van der Waals surface area contributed by atoms with E-state index >= 15 is 0 Å². The average Bonchev–Trinajstić information content (AvgIpc) is 3.46. The Labute approximate surface area is 174 Å². The van der Waals surface area contributed by atoms with E-state index in [1.54, 1.807) is 12.1 Å². The summed E-state index contributed by atoms with van der Waals surface area (Å²) in [6, 6.07) is 14.2. The monoisotopic (exact) mass is 404 g/mol. The molecule has 1 aliphatic carbocycles. The first-order valence-electron chi connectivity index (χ1n) is 9.96. The van der Waals surface area contributed by atoms with Crippen LogP contribution in [0.3, 0.4) is 0 Å². The Kier molecular flexibility index (Phi) is 5.27. The number of nitrogens with one attached hydrogen (secondary N) is 2. The Bertz CT molecular complexity index is 1120. The summed E-state index contributed by atoms with van der Waals surface area (Å²) in [6.07, 6.45) is 2.02. The van der Waals surface area contributed by atoms with Gasteiger partial charge in [0.1, 0.15) is 5.75 Å². The van der Waals surface area contributed by atoms with Crippen LogP contribution in [0.25, 0.3) is 11.3 Å². The molecule has 3 N–H and O–H groups in total. The fraction of sp³-hybridized carbons (Fsp3) is 0.261. The van der Waals surface area contributed by atoms with Crippen LogP contribution in [-0.4, -0.2) is 26.8 Å². The third-order valence-electron chi connectivity index (χ3n) is 5.21. The van der Waals surface area contributed by atoms with Crippen LogP contribution in [0.15, 0.2) is 48.5 Å². The lowest BCUT2D eigenvalue weighted by atomic mass is 10.1. The van der Waals surface area contributed by atoms with Crippen molar-refractivity contribution in [2.75, 3.05) is 5.32 Å². The van der Waals surface area contributed by atoms with Crippen molar-refractivity contribution in [2.24, 2.45) is 0 Å². The molecule has 1 aromatic heterocycles. The van der Waals surface area contributed by atoms with Gasteiger partial charge < -0.3 is 15.7 Å². The molecular formula is C23H24N4O3. The Morgan fingerprint density at radius 2 is 1.93 bits per heavy atom. The summed E-state index contributed by atoms with van der Waals surface area (Å²) >= 11 is 0. The molecule has 30 heavy (non-hydrogen) atoms. The standard InChI is InChI=1S/C23H24N4O3/c1-14-5-3-4-6-17(14)13-24-23(30)27-21(16-7-8-16)12-20(26-27)19-11-18(25-15(2)28)9-10-22(19)29/h3-6,9-12,16,29H,7-8,13H2,1-2H3,(H,24,30)(H,25,28). The van der Waals surface area contributed by atoms with E-state index in [0.29, 0.717) is 23.5 Å². The predicted octanol–water partition coefficient (Wildman–Crippen LogP) is 4.16. The maximum absolute atomic E-state index is 12.9.